The fourth-order valence-corrected chi connectivity index (χ4v) is 3.19. The number of hydrogen-bond donors (Lipinski definition) is 2. The van der Waals surface area contributed by atoms with Crippen molar-refractivity contribution < 1.29 is 9.47 Å². The summed E-state index contributed by atoms with van der Waals surface area (Å²) in [5.41, 5.74) is 11.8. The van der Waals surface area contributed by atoms with Crippen LogP contribution in [0.1, 0.15) is 35.1 Å². The van der Waals surface area contributed by atoms with Gasteiger partial charge in [0.05, 0.1) is 14.2 Å². The van der Waals surface area contributed by atoms with Crippen molar-refractivity contribution in [3.05, 3.63) is 82.4 Å². The van der Waals surface area contributed by atoms with Crippen LogP contribution in [0.4, 0.5) is 5.82 Å². The molecule has 0 radical (unpaired) electrons. The van der Waals surface area contributed by atoms with Crippen molar-refractivity contribution in [1.29, 1.82) is 0 Å². The van der Waals surface area contributed by atoms with Gasteiger partial charge in [-0.05, 0) is 44.0 Å². The van der Waals surface area contributed by atoms with E-state index in [1.54, 1.807) is 14.2 Å². The molecule has 0 spiro atoms. The minimum Gasteiger partial charge on any atom is -0.493 e. The highest BCUT2D eigenvalue weighted by Crippen LogP contribution is 2.33. The average Bonchev–Trinajstić information content (AvgIpc) is 2.72. The zero-order chi connectivity index (χ0) is 21.7. The van der Waals surface area contributed by atoms with Crippen LogP contribution >= 0.6 is 0 Å². The van der Waals surface area contributed by atoms with Gasteiger partial charge in [-0.1, -0.05) is 35.9 Å². The van der Waals surface area contributed by atoms with E-state index < -0.39 is 0 Å². The molecule has 0 aliphatic rings. The summed E-state index contributed by atoms with van der Waals surface area (Å²) >= 11 is 0. The van der Waals surface area contributed by atoms with E-state index in [2.05, 4.69) is 41.5 Å². The maximum atomic E-state index is 6.25. The largest absolute Gasteiger partial charge is 0.493 e. The molecule has 0 aliphatic heterocycles. The molecule has 0 saturated carbocycles. The number of allylic oxidation sites excluding steroid dienone is 1. The number of anilines is 1. The zero-order valence-electron chi connectivity index (χ0n) is 18.1. The molecule has 0 bridgehead atoms. The van der Waals surface area contributed by atoms with Crippen LogP contribution in [0.2, 0.25) is 0 Å². The lowest BCUT2D eigenvalue weighted by molar-refractivity contribution is 0.355. The third-order valence-electron chi connectivity index (χ3n) is 4.74. The first-order valence-corrected chi connectivity index (χ1v) is 9.75. The summed E-state index contributed by atoms with van der Waals surface area (Å²) < 4.78 is 10.8. The highest BCUT2D eigenvalue weighted by Gasteiger charge is 2.15. The molecule has 30 heavy (non-hydrogen) atoms. The fourth-order valence-electron chi connectivity index (χ4n) is 3.19. The SMILES string of the molecule is COc1ccc(C(=C(C)N)c2nc(C)cc(NCc3ccc(C)cc3)n2)cc1OC. The number of aromatic nitrogens is 2. The third-order valence-corrected chi connectivity index (χ3v) is 4.74. The number of methoxy groups -OCH3 is 2. The summed E-state index contributed by atoms with van der Waals surface area (Å²) in [6.07, 6.45) is 0. The zero-order valence-corrected chi connectivity index (χ0v) is 18.1. The van der Waals surface area contributed by atoms with Gasteiger partial charge in [-0.2, -0.15) is 0 Å². The van der Waals surface area contributed by atoms with Crippen molar-refractivity contribution >= 4 is 11.4 Å². The molecule has 1 aromatic heterocycles. The number of hydrogen-bond acceptors (Lipinski definition) is 6. The van der Waals surface area contributed by atoms with Crippen molar-refractivity contribution in [3.63, 3.8) is 0 Å². The van der Waals surface area contributed by atoms with Gasteiger partial charge in [-0.3, -0.25) is 0 Å². The number of aryl methyl sites for hydroxylation is 2. The van der Waals surface area contributed by atoms with Gasteiger partial charge < -0.3 is 20.5 Å². The van der Waals surface area contributed by atoms with Crippen LogP contribution in [0.3, 0.4) is 0 Å². The Morgan fingerprint density at radius 3 is 2.27 bits per heavy atom. The topological polar surface area (TPSA) is 82.3 Å². The summed E-state index contributed by atoms with van der Waals surface area (Å²) in [4.78, 5) is 9.37. The monoisotopic (exact) mass is 404 g/mol. The Kier molecular flexibility index (Phi) is 6.57. The van der Waals surface area contributed by atoms with Gasteiger partial charge in [0.1, 0.15) is 5.82 Å². The van der Waals surface area contributed by atoms with Crippen LogP contribution in [0.25, 0.3) is 5.57 Å². The standard InChI is InChI=1S/C24H28N4O2/c1-15-6-8-18(9-7-15)14-26-22-12-16(2)27-24(28-22)23(17(3)25)19-10-11-20(29-4)21(13-19)30-5/h6-13H,14,25H2,1-5H3,(H,26,27,28). The highest BCUT2D eigenvalue weighted by atomic mass is 16.5. The van der Waals surface area contributed by atoms with E-state index in [0.29, 0.717) is 29.6 Å². The second-order valence-electron chi connectivity index (χ2n) is 7.19. The molecular weight excluding hydrogens is 376 g/mol. The molecule has 3 rings (SSSR count). The second kappa shape index (κ2) is 9.31. The minimum absolute atomic E-state index is 0.564. The summed E-state index contributed by atoms with van der Waals surface area (Å²) in [6, 6.07) is 16.0. The van der Waals surface area contributed by atoms with Gasteiger partial charge in [0.25, 0.3) is 0 Å². The number of nitrogens with two attached hydrogens (primary N) is 1. The lowest BCUT2D eigenvalue weighted by Crippen LogP contribution is -2.08. The minimum atomic E-state index is 0.564. The van der Waals surface area contributed by atoms with Gasteiger partial charge in [-0.15, -0.1) is 0 Å². The number of benzene rings is 2. The van der Waals surface area contributed by atoms with Crippen LogP contribution < -0.4 is 20.5 Å². The van der Waals surface area contributed by atoms with Crippen LogP contribution in [0.15, 0.2) is 54.2 Å². The quantitative estimate of drug-likeness (QED) is 0.605. The average molecular weight is 405 g/mol. The number of nitrogens with zero attached hydrogens (tertiary/aromatic N) is 2. The molecule has 0 fully saturated rings. The van der Waals surface area contributed by atoms with Crippen molar-refractivity contribution in [1.82, 2.24) is 9.97 Å². The first-order valence-electron chi connectivity index (χ1n) is 9.75. The van der Waals surface area contributed by atoms with Crippen LogP contribution in [-0.4, -0.2) is 24.2 Å². The molecule has 3 aromatic rings. The predicted octanol–water partition coefficient (Wildman–Crippen LogP) is 4.46. The Morgan fingerprint density at radius 2 is 1.63 bits per heavy atom. The highest BCUT2D eigenvalue weighted by molar-refractivity contribution is 5.79. The molecule has 0 amide bonds. The Morgan fingerprint density at radius 1 is 0.933 bits per heavy atom. The first-order chi connectivity index (χ1) is 14.4. The Bertz CT molecular complexity index is 1060. The first kappa shape index (κ1) is 21.2. The van der Waals surface area contributed by atoms with Crippen molar-refractivity contribution in [2.24, 2.45) is 5.73 Å². The molecule has 156 valence electrons. The van der Waals surface area contributed by atoms with Crippen LogP contribution in [0, 0.1) is 13.8 Å². The smallest absolute Gasteiger partial charge is 0.164 e. The normalized spacial score (nSPS) is 11.6. The Balaban J connectivity index is 1.94. The van der Waals surface area contributed by atoms with E-state index >= 15 is 0 Å². The van der Waals surface area contributed by atoms with E-state index in [0.717, 1.165) is 22.6 Å². The molecule has 6 heteroatoms. The van der Waals surface area contributed by atoms with Crippen molar-refractivity contribution in [2.75, 3.05) is 19.5 Å². The van der Waals surface area contributed by atoms with Crippen LogP contribution in [-0.2, 0) is 6.54 Å². The van der Waals surface area contributed by atoms with Gasteiger partial charge >= 0.3 is 0 Å². The molecule has 0 atom stereocenters. The van der Waals surface area contributed by atoms with Crippen LogP contribution in [0.5, 0.6) is 11.5 Å². The molecule has 0 saturated heterocycles. The lowest BCUT2D eigenvalue weighted by atomic mass is 10.0. The molecule has 6 nitrogen and oxygen atoms in total. The number of ether oxygens (including phenoxy) is 2. The van der Waals surface area contributed by atoms with E-state index in [9.17, 15) is 0 Å². The number of rotatable bonds is 7. The van der Waals surface area contributed by atoms with E-state index in [-0.39, 0.29) is 0 Å². The Hall–Kier alpha value is -3.54. The molecule has 0 aliphatic carbocycles. The van der Waals surface area contributed by atoms with Gasteiger partial charge in [0.2, 0.25) is 0 Å². The van der Waals surface area contributed by atoms with Crippen molar-refractivity contribution in [3.8, 4) is 11.5 Å². The summed E-state index contributed by atoms with van der Waals surface area (Å²) in [7, 11) is 3.22. The van der Waals surface area contributed by atoms with Crippen molar-refractivity contribution in [2.45, 2.75) is 27.3 Å². The van der Waals surface area contributed by atoms with E-state index in [1.165, 1.54) is 11.1 Å². The lowest BCUT2D eigenvalue weighted by Gasteiger charge is -2.15. The molecule has 1 heterocycles. The maximum Gasteiger partial charge on any atom is 0.164 e. The molecular formula is C24H28N4O2. The summed E-state index contributed by atoms with van der Waals surface area (Å²) in [6.45, 7) is 6.54. The second-order valence-corrected chi connectivity index (χ2v) is 7.19. The van der Waals surface area contributed by atoms with E-state index in [4.69, 9.17) is 20.2 Å². The Labute approximate surface area is 177 Å². The van der Waals surface area contributed by atoms with E-state index in [1.807, 2.05) is 38.1 Å². The summed E-state index contributed by atoms with van der Waals surface area (Å²) in [5, 5.41) is 3.39. The van der Waals surface area contributed by atoms with Gasteiger partial charge in [0, 0.05) is 29.6 Å². The van der Waals surface area contributed by atoms with Gasteiger partial charge in [-0.25, -0.2) is 9.97 Å². The molecule has 0 unspecified atom stereocenters. The predicted molar refractivity (Wildman–Crippen MR) is 121 cm³/mol. The molecule has 3 N–H and O–H groups in total. The third kappa shape index (κ3) is 4.89. The summed E-state index contributed by atoms with van der Waals surface area (Å²) in [5.74, 6) is 2.59. The number of nitrogens with one attached hydrogen (secondary N) is 1. The fraction of sp³-hybridized carbons (Fsp3) is 0.250. The maximum absolute atomic E-state index is 6.25. The molecule has 2 aromatic carbocycles. The van der Waals surface area contributed by atoms with Gasteiger partial charge in [0.15, 0.2) is 17.3 Å².